The Hall–Kier alpha value is -1.30. The maximum Gasteiger partial charge on any atom is 0.212 e. The van der Waals surface area contributed by atoms with Crippen LogP contribution in [0.1, 0.15) is 45.0 Å². The van der Waals surface area contributed by atoms with Gasteiger partial charge in [-0.1, -0.05) is 13.8 Å². The van der Waals surface area contributed by atoms with Crippen molar-refractivity contribution in [1.29, 1.82) is 5.26 Å². The number of hydrogen-bond acceptors (Lipinski definition) is 2. The number of rotatable bonds is 1. The molecular weight excluding hydrogens is 186 g/mol. The largest absolute Gasteiger partial charge is 0.320 e. The molecule has 0 spiro atoms. The molecule has 0 N–H and O–H groups in total. The van der Waals surface area contributed by atoms with Crippen LogP contribution in [0.15, 0.2) is 12.4 Å². The predicted octanol–water partition coefficient (Wildman–Crippen LogP) is 2.75. The second kappa shape index (κ2) is 4.06. The van der Waals surface area contributed by atoms with E-state index in [0.717, 1.165) is 11.8 Å². The van der Waals surface area contributed by atoms with Crippen molar-refractivity contribution in [1.82, 2.24) is 9.55 Å². The molecule has 1 aromatic heterocycles. The van der Waals surface area contributed by atoms with Crippen LogP contribution in [0.3, 0.4) is 0 Å². The molecule has 1 saturated carbocycles. The normalized spacial score (nSPS) is 31.1. The first kappa shape index (κ1) is 10.2. The maximum absolute atomic E-state index is 8.94. The zero-order valence-electron chi connectivity index (χ0n) is 9.35. The van der Waals surface area contributed by atoms with Gasteiger partial charge in [-0.25, -0.2) is 4.98 Å². The van der Waals surface area contributed by atoms with Crippen LogP contribution in [-0.2, 0) is 0 Å². The summed E-state index contributed by atoms with van der Waals surface area (Å²) in [5, 5.41) is 8.94. The highest BCUT2D eigenvalue weighted by Crippen LogP contribution is 2.36. The highest BCUT2D eigenvalue weighted by atomic mass is 15.1. The van der Waals surface area contributed by atoms with Gasteiger partial charge in [-0.2, -0.15) is 5.26 Å². The minimum absolute atomic E-state index is 0.473. The summed E-state index contributed by atoms with van der Waals surface area (Å²) in [6.07, 6.45) is 7.33. The van der Waals surface area contributed by atoms with Gasteiger partial charge in [0.15, 0.2) is 0 Å². The predicted molar refractivity (Wildman–Crippen MR) is 58.2 cm³/mol. The fourth-order valence-electron chi connectivity index (χ4n) is 2.83. The number of hydrogen-bond donors (Lipinski definition) is 0. The fourth-order valence-corrected chi connectivity index (χ4v) is 2.83. The summed E-state index contributed by atoms with van der Waals surface area (Å²) < 4.78 is 2.05. The minimum Gasteiger partial charge on any atom is -0.320 e. The van der Waals surface area contributed by atoms with Gasteiger partial charge in [0.1, 0.15) is 6.07 Å². The van der Waals surface area contributed by atoms with Gasteiger partial charge in [0.25, 0.3) is 0 Å². The molecule has 3 nitrogen and oxygen atoms in total. The summed E-state index contributed by atoms with van der Waals surface area (Å²) in [4.78, 5) is 4.06. The van der Waals surface area contributed by atoms with Crippen molar-refractivity contribution < 1.29 is 0 Å². The Morgan fingerprint density at radius 1 is 1.33 bits per heavy atom. The van der Waals surface area contributed by atoms with Crippen LogP contribution in [0, 0.1) is 23.2 Å². The van der Waals surface area contributed by atoms with Crippen molar-refractivity contribution in [3.63, 3.8) is 0 Å². The number of imidazole rings is 1. The number of nitrogens with zero attached hydrogens (tertiary/aromatic N) is 3. The minimum atomic E-state index is 0.473. The van der Waals surface area contributed by atoms with Gasteiger partial charge in [0, 0.05) is 18.4 Å². The summed E-state index contributed by atoms with van der Waals surface area (Å²) in [7, 11) is 0. The van der Waals surface area contributed by atoms with E-state index in [1.54, 1.807) is 6.20 Å². The molecule has 80 valence electrons. The second-order valence-electron chi connectivity index (χ2n) is 4.84. The lowest BCUT2D eigenvalue weighted by atomic mass is 9.80. The highest BCUT2D eigenvalue weighted by Gasteiger charge is 2.26. The second-order valence-corrected chi connectivity index (χ2v) is 4.84. The Kier molecular flexibility index (Phi) is 2.77. The van der Waals surface area contributed by atoms with Crippen LogP contribution in [0.5, 0.6) is 0 Å². The molecule has 2 rings (SSSR count). The van der Waals surface area contributed by atoms with Crippen LogP contribution < -0.4 is 0 Å². The van der Waals surface area contributed by atoms with Crippen LogP contribution in [0.4, 0.5) is 0 Å². The molecule has 1 heterocycles. The average Bonchev–Trinajstić information content (AvgIpc) is 2.63. The fraction of sp³-hybridized carbons (Fsp3) is 0.667. The van der Waals surface area contributed by atoms with Crippen LogP contribution in [0.2, 0.25) is 0 Å². The molecule has 3 heteroatoms. The molecular formula is C12H17N3. The van der Waals surface area contributed by atoms with Gasteiger partial charge in [0.2, 0.25) is 5.82 Å². The smallest absolute Gasteiger partial charge is 0.212 e. The summed E-state index contributed by atoms with van der Waals surface area (Å²) >= 11 is 0. The molecule has 0 radical (unpaired) electrons. The molecule has 15 heavy (non-hydrogen) atoms. The molecule has 0 saturated heterocycles. The molecule has 0 amide bonds. The Bertz CT molecular complexity index is 364. The third-order valence-electron chi connectivity index (χ3n) is 3.32. The topological polar surface area (TPSA) is 41.6 Å². The van der Waals surface area contributed by atoms with E-state index in [2.05, 4.69) is 24.9 Å². The SMILES string of the molecule is CC1CC(C)CC(n2ccnc2C#N)C1. The lowest BCUT2D eigenvalue weighted by Crippen LogP contribution is -2.23. The third kappa shape index (κ3) is 2.04. The number of aromatic nitrogens is 2. The Balaban J connectivity index is 2.20. The van der Waals surface area contributed by atoms with Crippen molar-refractivity contribution in [3.05, 3.63) is 18.2 Å². The summed E-state index contributed by atoms with van der Waals surface area (Å²) in [5.41, 5.74) is 0. The molecule has 0 bridgehead atoms. The van der Waals surface area contributed by atoms with E-state index in [-0.39, 0.29) is 0 Å². The van der Waals surface area contributed by atoms with Gasteiger partial charge in [-0.05, 0) is 31.1 Å². The lowest BCUT2D eigenvalue weighted by molar-refractivity contribution is 0.220. The average molecular weight is 203 g/mol. The van der Waals surface area contributed by atoms with Crippen molar-refractivity contribution in [2.75, 3.05) is 0 Å². The first-order valence-electron chi connectivity index (χ1n) is 5.63. The molecule has 0 aliphatic heterocycles. The Labute approximate surface area is 90.7 Å². The van der Waals surface area contributed by atoms with Crippen LogP contribution >= 0.6 is 0 Å². The quantitative estimate of drug-likeness (QED) is 0.704. The van der Waals surface area contributed by atoms with Crippen molar-refractivity contribution >= 4 is 0 Å². The van der Waals surface area contributed by atoms with E-state index in [1.165, 1.54) is 19.3 Å². The van der Waals surface area contributed by atoms with Gasteiger partial charge in [0.05, 0.1) is 0 Å². The highest BCUT2D eigenvalue weighted by molar-refractivity contribution is 5.12. The molecule has 1 aromatic rings. The van der Waals surface area contributed by atoms with Gasteiger partial charge < -0.3 is 4.57 Å². The van der Waals surface area contributed by atoms with Gasteiger partial charge in [-0.3, -0.25) is 0 Å². The van der Waals surface area contributed by atoms with Gasteiger partial charge >= 0.3 is 0 Å². The Morgan fingerprint density at radius 3 is 2.60 bits per heavy atom. The number of nitriles is 1. The first-order chi connectivity index (χ1) is 7.20. The van der Waals surface area contributed by atoms with E-state index in [9.17, 15) is 0 Å². The maximum atomic E-state index is 8.94. The summed E-state index contributed by atoms with van der Waals surface area (Å²) in [5.74, 6) is 2.07. The Morgan fingerprint density at radius 2 is 2.00 bits per heavy atom. The van der Waals surface area contributed by atoms with E-state index in [0.29, 0.717) is 11.9 Å². The van der Waals surface area contributed by atoms with E-state index in [1.807, 2.05) is 10.8 Å². The van der Waals surface area contributed by atoms with Crippen LogP contribution in [-0.4, -0.2) is 9.55 Å². The van der Waals surface area contributed by atoms with E-state index in [4.69, 9.17) is 5.26 Å². The van der Waals surface area contributed by atoms with E-state index >= 15 is 0 Å². The zero-order valence-corrected chi connectivity index (χ0v) is 9.35. The molecule has 1 aliphatic carbocycles. The summed E-state index contributed by atoms with van der Waals surface area (Å²) in [6.45, 7) is 4.59. The zero-order chi connectivity index (χ0) is 10.8. The molecule has 1 aliphatic rings. The van der Waals surface area contributed by atoms with E-state index < -0.39 is 0 Å². The van der Waals surface area contributed by atoms with Crippen molar-refractivity contribution in [3.8, 4) is 6.07 Å². The molecule has 1 fully saturated rings. The molecule has 2 atom stereocenters. The van der Waals surface area contributed by atoms with Crippen LogP contribution in [0.25, 0.3) is 0 Å². The monoisotopic (exact) mass is 203 g/mol. The lowest BCUT2D eigenvalue weighted by Gasteiger charge is -2.32. The standard InChI is InChI=1S/C12H17N3/c1-9-5-10(2)7-11(6-9)15-4-3-14-12(15)8-13/h3-4,9-11H,5-7H2,1-2H3. The third-order valence-corrected chi connectivity index (χ3v) is 3.32. The molecule has 2 unspecified atom stereocenters. The van der Waals surface area contributed by atoms with Crippen molar-refractivity contribution in [2.24, 2.45) is 11.8 Å². The van der Waals surface area contributed by atoms with Gasteiger partial charge in [-0.15, -0.1) is 0 Å². The first-order valence-corrected chi connectivity index (χ1v) is 5.63. The molecule has 0 aromatic carbocycles. The summed E-state index contributed by atoms with van der Waals surface area (Å²) in [6, 6.07) is 2.63. The van der Waals surface area contributed by atoms with Crippen molar-refractivity contribution in [2.45, 2.75) is 39.2 Å².